The molecule has 0 radical (unpaired) electrons. The third kappa shape index (κ3) is 5.33. The molecule has 8 nitrogen and oxygen atoms in total. The summed E-state index contributed by atoms with van der Waals surface area (Å²) in [6.07, 6.45) is 2.12. The second-order valence-electron chi connectivity index (χ2n) is 7.11. The summed E-state index contributed by atoms with van der Waals surface area (Å²) >= 11 is 0. The van der Waals surface area contributed by atoms with Gasteiger partial charge >= 0.3 is 6.18 Å². The van der Waals surface area contributed by atoms with Crippen LogP contribution in [-0.4, -0.2) is 57.2 Å². The summed E-state index contributed by atoms with van der Waals surface area (Å²) in [5.41, 5.74) is 1.77. The van der Waals surface area contributed by atoms with Crippen LogP contribution in [0.5, 0.6) is 5.88 Å². The number of halogens is 3. The molecule has 0 saturated carbocycles. The van der Waals surface area contributed by atoms with Crippen molar-refractivity contribution in [3.05, 3.63) is 52.5 Å². The van der Waals surface area contributed by atoms with Crippen molar-refractivity contribution in [2.75, 3.05) is 13.2 Å². The minimum atomic E-state index is -4.47. The Hall–Kier alpha value is -3.65. The van der Waals surface area contributed by atoms with Crippen LogP contribution in [-0.2, 0) is 13.1 Å². The Kier molecular flexibility index (Phi) is 6.64. The number of amides is 2. The zero-order valence-electron chi connectivity index (χ0n) is 16.9. The first-order valence-electron chi connectivity index (χ1n) is 9.43. The number of hydrogen-bond acceptors (Lipinski definition) is 6. The third-order valence-electron chi connectivity index (χ3n) is 4.62. The fourth-order valence-corrected chi connectivity index (χ4v) is 3.17. The first-order chi connectivity index (χ1) is 15.1. The number of carbonyl (C=O) groups excluding carboxylic acids is 2. The van der Waals surface area contributed by atoms with Crippen molar-refractivity contribution in [2.24, 2.45) is 0 Å². The van der Waals surface area contributed by atoms with Gasteiger partial charge in [0.15, 0.2) is 6.61 Å². The number of ether oxygens (including phenoxy) is 1. The second-order valence-corrected chi connectivity index (χ2v) is 7.11. The van der Waals surface area contributed by atoms with Gasteiger partial charge in [-0.05, 0) is 24.6 Å². The number of alkyl halides is 3. The van der Waals surface area contributed by atoms with E-state index in [2.05, 4.69) is 25.9 Å². The number of aromatic nitrogens is 2. The van der Waals surface area contributed by atoms with Crippen LogP contribution in [0, 0.1) is 19.3 Å². The summed E-state index contributed by atoms with van der Waals surface area (Å²) in [4.78, 5) is 34.6. The molecular weight excluding hydrogens is 429 g/mol. The first kappa shape index (κ1) is 23.0. The molecule has 0 bridgehead atoms. The van der Waals surface area contributed by atoms with Crippen LogP contribution in [0.3, 0.4) is 0 Å². The highest BCUT2D eigenvalue weighted by molar-refractivity contribution is 6.03. The van der Waals surface area contributed by atoms with Crippen LogP contribution in [0.4, 0.5) is 13.2 Å². The molecule has 32 heavy (non-hydrogen) atoms. The molecule has 168 valence electrons. The average molecular weight is 448 g/mol. The maximum absolute atomic E-state index is 12.8. The van der Waals surface area contributed by atoms with E-state index in [0.717, 1.165) is 0 Å². The Morgan fingerprint density at radius 3 is 2.84 bits per heavy atom. The monoisotopic (exact) mass is 448 g/mol. The highest BCUT2D eigenvalue weighted by atomic mass is 19.4. The van der Waals surface area contributed by atoms with Gasteiger partial charge in [0.1, 0.15) is 11.8 Å². The van der Waals surface area contributed by atoms with Crippen LogP contribution in [0.1, 0.15) is 37.5 Å². The fourth-order valence-electron chi connectivity index (χ4n) is 3.17. The molecule has 2 aromatic rings. The fraction of sp³-hybridized carbons (Fsp3) is 0.333. The number of hydrogen-bond donors (Lipinski definition) is 2. The predicted molar refractivity (Wildman–Crippen MR) is 106 cm³/mol. The zero-order valence-corrected chi connectivity index (χ0v) is 16.9. The van der Waals surface area contributed by atoms with E-state index in [0.29, 0.717) is 22.3 Å². The summed E-state index contributed by atoms with van der Waals surface area (Å²) in [7, 11) is 0. The summed E-state index contributed by atoms with van der Waals surface area (Å²) < 4.78 is 41.7. The van der Waals surface area contributed by atoms with Gasteiger partial charge in [0.2, 0.25) is 5.88 Å². The Bertz CT molecular complexity index is 1080. The molecule has 11 heteroatoms. The number of aryl methyl sites for hydroxylation is 1. The van der Waals surface area contributed by atoms with E-state index < -0.39 is 24.8 Å². The van der Waals surface area contributed by atoms with Crippen molar-refractivity contribution in [3.63, 3.8) is 0 Å². The summed E-state index contributed by atoms with van der Waals surface area (Å²) in [5.74, 6) is 1.04. The molecule has 0 spiro atoms. The Morgan fingerprint density at radius 1 is 1.44 bits per heavy atom. The SMILES string of the molecule is C#C[C@@H](O)CNC(=O)c1nccc2c1CN(Cc1cnc(OCC(F)(F)F)c(C)c1)C2=O. The molecule has 0 fully saturated rings. The number of terminal acetylenes is 1. The average Bonchev–Trinajstić information content (AvgIpc) is 3.06. The van der Waals surface area contributed by atoms with Crippen LogP contribution >= 0.6 is 0 Å². The van der Waals surface area contributed by atoms with E-state index in [1.807, 2.05) is 0 Å². The van der Waals surface area contributed by atoms with Gasteiger partial charge in [-0.15, -0.1) is 6.42 Å². The molecule has 0 aliphatic carbocycles. The number of aliphatic hydroxyl groups excluding tert-OH is 1. The van der Waals surface area contributed by atoms with Gasteiger partial charge in [-0.25, -0.2) is 4.98 Å². The van der Waals surface area contributed by atoms with Crippen LogP contribution in [0.15, 0.2) is 24.5 Å². The second kappa shape index (κ2) is 9.23. The lowest BCUT2D eigenvalue weighted by Gasteiger charge is -2.17. The van der Waals surface area contributed by atoms with E-state index in [1.165, 1.54) is 23.4 Å². The maximum atomic E-state index is 12.8. The molecule has 2 N–H and O–H groups in total. The van der Waals surface area contributed by atoms with Crippen LogP contribution in [0.25, 0.3) is 0 Å². The molecular formula is C21H19F3N4O4. The zero-order chi connectivity index (χ0) is 23.5. The minimum Gasteiger partial charge on any atom is -0.468 e. The number of nitrogens with one attached hydrogen (secondary N) is 1. The number of pyridine rings is 2. The maximum Gasteiger partial charge on any atom is 0.422 e. The highest BCUT2D eigenvalue weighted by Crippen LogP contribution is 2.27. The Morgan fingerprint density at radius 2 is 2.19 bits per heavy atom. The summed E-state index contributed by atoms with van der Waals surface area (Å²) in [6.45, 7) is 0.174. The lowest BCUT2D eigenvalue weighted by atomic mass is 10.1. The lowest BCUT2D eigenvalue weighted by Crippen LogP contribution is -2.32. The van der Waals surface area contributed by atoms with Crippen molar-refractivity contribution in [3.8, 4) is 18.2 Å². The molecule has 3 rings (SSSR count). The van der Waals surface area contributed by atoms with Gasteiger partial charge in [-0.1, -0.05) is 5.92 Å². The van der Waals surface area contributed by atoms with Gasteiger partial charge in [-0.2, -0.15) is 13.2 Å². The highest BCUT2D eigenvalue weighted by Gasteiger charge is 2.32. The normalized spacial score (nSPS) is 14.0. The summed E-state index contributed by atoms with van der Waals surface area (Å²) in [6, 6.07) is 3.09. The molecule has 0 aromatic carbocycles. The standard InChI is InChI=1S/C21H19F3N4O4/c1-3-14(29)8-26-18(30)17-16-10-28(20(31)15(16)4-5-25-17)9-13-6-12(2)19(27-7-13)32-11-21(22,23)24/h1,4-7,14,29H,8-11H2,2H3,(H,26,30)/t14-/m1/s1. The predicted octanol–water partition coefficient (Wildman–Crippen LogP) is 1.61. The molecule has 1 atom stereocenters. The molecule has 1 aliphatic heterocycles. The first-order valence-corrected chi connectivity index (χ1v) is 9.43. The number of fused-ring (bicyclic) bond motifs is 1. The van der Waals surface area contributed by atoms with Crippen molar-refractivity contribution in [1.82, 2.24) is 20.2 Å². The topological polar surface area (TPSA) is 105 Å². The van der Waals surface area contributed by atoms with Crippen molar-refractivity contribution >= 4 is 11.8 Å². The van der Waals surface area contributed by atoms with Gasteiger partial charge in [0, 0.05) is 42.2 Å². The largest absolute Gasteiger partial charge is 0.468 e. The van der Waals surface area contributed by atoms with Crippen LogP contribution < -0.4 is 10.1 Å². The number of carbonyl (C=O) groups is 2. The van der Waals surface area contributed by atoms with E-state index in [1.54, 1.807) is 13.0 Å². The minimum absolute atomic E-state index is 0.0489. The van der Waals surface area contributed by atoms with Gasteiger partial charge in [0.05, 0.1) is 6.54 Å². The van der Waals surface area contributed by atoms with Crippen molar-refractivity contribution < 1.29 is 32.6 Å². The third-order valence-corrected chi connectivity index (χ3v) is 4.62. The van der Waals surface area contributed by atoms with Gasteiger partial charge in [0.25, 0.3) is 11.8 Å². The Labute approximate surface area is 181 Å². The molecule has 0 saturated heterocycles. The van der Waals surface area contributed by atoms with E-state index in [4.69, 9.17) is 6.42 Å². The van der Waals surface area contributed by atoms with Gasteiger partial charge < -0.3 is 20.1 Å². The lowest BCUT2D eigenvalue weighted by molar-refractivity contribution is -0.154. The number of rotatable bonds is 7. The summed E-state index contributed by atoms with van der Waals surface area (Å²) in [5, 5.41) is 11.9. The molecule has 3 heterocycles. The van der Waals surface area contributed by atoms with E-state index >= 15 is 0 Å². The molecule has 0 unspecified atom stereocenters. The van der Waals surface area contributed by atoms with Crippen LogP contribution in [0.2, 0.25) is 0 Å². The number of aliphatic hydroxyl groups is 1. The Balaban J connectivity index is 1.72. The van der Waals surface area contributed by atoms with Crippen molar-refractivity contribution in [1.29, 1.82) is 0 Å². The molecule has 2 amide bonds. The van der Waals surface area contributed by atoms with E-state index in [-0.39, 0.29) is 37.1 Å². The quantitative estimate of drug-likeness (QED) is 0.624. The van der Waals surface area contributed by atoms with E-state index in [9.17, 15) is 27.9 Å². The molecule has 2 aromatic heterocycles. The van der Waals surface area contributed by atoms with Gasteiger partial charge in [-0.3, -0.25) is 14.6 Å². The van der Waals surface area contributed by atoms with Crippen molar-refractivity contribution in [2.45, 2.75) is 32.3 Å². The smallest absolute Gasteiger partial charge is 0.422 e. The number of nitrogens with zero attached hydrogens (tertiary/aromatic N) is 3. The molecule has 1 aliphatic rings.